The molecule has 2 N–H and O–H groups in total. The van der Waals surface area contributed by atoms with Gasteiger partial charge in [0.25, 0.3) is 0 Å². The molecule has 0 saturated carbocycles. The minimum atomic E-state index is -3.61. The van der Waals surface area contributed by atoms with E-state index in [2.05, 4.69) is 10.0 Å². The van der Waals surface area contributed by atoms with Crippen molar-refractivity contribution in [3.8, 4) is 0 Å². The van der Waals surface area contributed by atoms with Crippen molar-refractivity contribution in [2.24, 2.45) is 0 Å². The largest absolute Gasteiger partial charge is 0.310 e. The molecule has 0 amide bonds. The molecule has 0 heterocycles. The summed E-state index contributed by atoms with van der Waals surface area (Å²) in [7, 11) is -2.27. The maximum absolute atomic E-state index is 11.8. The van der Waals surface area contributed by atoms with Gasteiger partial charge < -0.3 is 5.32 Å². The molecule has 0 aliphatic heterocycles. The van der Waals surface area contributed by atoms with Crippen LogP contribution < -0.4 is 10.0 Å². The second-order valence-electron chi connectivity index (χ2n) is 4.12. The monoisotopic (exact) mass is 310 g/mol. The molecule has 102 valence electrons. The van der Waals surface area contributed by atoms with E-state index in [4.69, 9.17) is 23.2 Å². The van der Waals surface area contributed by atoms with Gasteiger partial charge in [0.05, 0.1) is 5.02 Å². The van der Waals surface area contributed by atoms with Crippen LogP contribution in [0.4, 0.5) is 0 Å². The van der Waals surface area contributed by atoms with E-state index < -0.39 is 10.0 Å². The average molecular weight is 311 g/mol. The molecular formula is C11H16Cl2N2O2S. The molecule has 0 atom stereocenters. The van der Waals surface area contributed by atoms with Crippen molar-refractivity contribution in [2.75, 3.05) is 7.05 Å². The Morgan fingerprint density at radius 3 is 2.39 bits per heavy atom. The van der Waals surface area contributed by atoms with E-state index in [1.54, 1.807) is 6.07 Å². The van der Waals surface area contributed by atoms with Gasteiger partial charge >= 0.3 is 0 Å². The molecule has 7 heteroatoms. The van der Waals surface area contributed by atoms with Gasteiger partial charge in [-0.05, 0) is 24.7 Å². The number of benzene rings is 1. The van der Waals surface area contributed by atoms with Crippen molar-refractivity contribution in [2.45, 2.75) is 31.3 Å². The number of sulfonamides is 1. The molecule has 0 radical (unpaired) electrons. The van der Waals surface area contributed by atoms with Gasteiger partial charge in [-0.1, -0.05) is 37.0 Å². The summed E-state index contributed by atoms with van der Waals surface area (Å²) in [6.07, 6.45) is 0. The highest BCUT2D eigenvalue weighted by Gasteiger charge is 2.19. The summed E-state index contributed by atoms with van der Waals surface area (Å²) >= 11 is 12.0. The van der Waals surface area contributed by atoms with E-state index in [0.717, 1.165) is 0 Å². The molecule has 0 bridgehead atoms. The summed E-state index contributed by atoms with van der Waals surface area (Å²) in [6, 6.07) is 3.27. The molecule has 18 heavy (non-hydrogen) atoms. The zero-order valence-electron chi connectivity index (χ0n) is 10.4. The number of hydrogen-bond donors (Lipinski definition) is 2. The van der Waals surface area contributed by atoms with Crippen molar-refractivity contribution < 1.29 is 8.42 Å². The lowest BCUT2D eigenvalue weighted by atomic mass is 10.2. The topological polar surface area (TPSA) is 58.2 Å². The summed E-state index contributed by atoms with van der Waals surface area (Å²) in [5, 5.41) is 3.71. The van der Waals surface area contributed by atoms with E-state index in [0.29, 0.717) is 17.1 Å². The van der Waals surface area contributed by atoms with Crippen molar-refractivity contribution in [1.29, 1.82) is 0 Å². The normalized spacial score (nSPS) is 12.1. The van der Waals surface area contributed by atoms with E-state index in [1.165, 1.54) is 13.1 Å². The maximum Gasteiger partial charge on any atom is 0.241 e. The standard InChI is InChI=1S/C11H16Cl2N2O2S/c1-7(2)15-6-8-4-9(12)5-10(11(8)13)18(16,17)14-3/h4-5,7,14-15H,6H2,1-3H3. The van der Waals surface area contributed by atoms with Crippen LogP contribution in [-0.2, 0) is 16.6 Å². The smallest absolute Gasteiger partial charge is 0.241 e. The van der Waals surface area contributed by atoms with Crippen LogP contribution >= 0.6 is 23.2 Å². The molecule has 1 aromatic carbocycles. The van der Waals surface area contributed by atoms with Gasteiger partial charge in [-0.15, -0.1) is 0 Å². The first kappa shape index (κ1) is 15.7. The molecule has 0 fully saturated rings. The SMILES string of the molecule is CNS(=O)(=O)c1cc(Cl)cc(CNC(C)C)c1Cl. The minimum Gasteiger partial charge on any atom is -0.310 e. The third kappa shape index (κ3) is 3.83. The van der Waals surface area contributed by atoms with Crippen LogP contribution in [0.2, 0.25) is 10.0 Å². The van der Waals surface area contributed by atoms with E-state index in [-0.39, 0.29) is 16.0 Å². The lowest BCUT2D eigenvalue weighted by Crippen LogP contribution is -2.23. The van der Waals surface area contributed by atoms with Crippen LogP contribution in [0, 0.1) is 0 Å². The average Bonchev–Trinajstić information content (AvgIpc) is 2.29. The molecule has 0 unspecified atom stereocenters. The minimum absolute atomic E-state index is 0.000257. The first-order valence-electron chi connectivity index (χ1n) is 5.42. The molecule has 0 aliphatic rings. The zero-order valence-corrected chi connectivity index (χ0v) is 12.7. The van der Waals surface area contributed by atoms with Gasteiger partial charge in [-0.2, -0.15) is 0 Å². The van der Waals surface area contributed by atoms with Crippen LogP contribution in [0.3, 0.4) is 0 Å². The quantitative estimate of drug-likeness (QED) is 0.878. The predicted octanol–water partition coefficient (Wildman–Crippen LogP) is 2.40. The lowest BCUT2D eigenvalue weighted by Gasteiger charge is -2.13. The van der Waals surface area contributed by atoms with E-state index in [9.17, 15) is 8.42 Å². The molecule has 4 nitrogen and oxygen atoms in total. The Hall–Kier alpha value is -0.330. The Labute approximate surface area is 118 Å². The van der Waals surface area contributed by atoms with Gasteiger partial charge in [-0.3, -0.25) is 0 Å². The van der Waals surface area contributed by atoms with Crippen molar-refractivity contribution >= 4 is 33.2 Å². The van der Waals surface area contributed by atoms with E-state index >= 15 is 0 Å². The van der Waals surface area contributed by atoms with Crippen LogP contribution in [0.1, 0.15) is 19.4 Å². The predicted molar refractivity (Wildman–Crippen MR) is 74.7 cm³/mol. The highest BCUT2D eigenvalue weighted by Crippen LogP contribution is 2.29. The first-order chi connectivity index (χ1) is 8.27. The molecular weight excluding hydrogens is 295 g/mol. The number of hydrogen-bond acceptors (Lipinski definition) is 3. The summed E-state index contributed by atoms with van der Waals surface area (Å²) < 4.78 is 25.8. The van der Waals surface area contributed by atoms with E-state index in [1.807, 2.05) is 13.8 Å². The van der Waals surface area contributed by atoms with Crippen LogP contribution in [0.5, 0.6) is 0 Å². The molecule has 0 spiro atoms. The Morgan fingerprint density at radius 2 is 1.89 bits per heavy atom. The molecule has 1 aromatic rings. The van der Waals surface area contributed by atoms with Gasteiger partial charge in [0.1, 0.15) is 4.90 Å². The molecule has 0 saturated heterocycles. The number of rotatable bonds is 5. The highest BCUT2D eigenvalue weighted by atomic mass is 35.5. The molecule has 1 rings (SSSR count). The van der Waals surface area contributed by atoms with Crippen LogP contribution in [-0.4, -0.2) is 21.5 Å². The van der Waals surface area contributed by atoms with Gasteiger partial charge in [-0.25, -0.2) is 13.1 Å². The van der Waals surface area contributed by atoms with Crippen LogP contribution in [0.15, 0.2) is 17.0 Å². The second-order valence-corrected chi connectivity index (χ2v) is 6.79. The fraction of sp³-hybridized carbons (Fsp3) is 0.455. The van der Waals surface area contributed by atoms with Crippen molar-refractivity contribution in [1.82, 2.24) is 10.0 Å². The fourth-order valence-electron chi connectivity index (χ4n) is 1.37. The van der Waals surface area contributed by atoms with Crippen molar-refractivity contribution in [3.05, 3.63) is 27.7 Å². The fourth-order valence-corrected chi connectivity index (χ4v) is 3.02. The Kier molecular flexibility index (Phi) is 5.43. The summed E-state index contributed by atoms with van der Waals surface area (Å²) in [5.74, 6) is 0. The van der Waals surface area contributed by atoms with Crippen LogP contribution in [0.25, 0.3) is 0 Å². The third-order valence-electron chi connectivity index (χ3n) is 2.34. The third-order valence-corrected chi connectivity index (χ3v) is 4.55. The number of nitrogens with one attached hydrogen (secondary N) is 2. The Bertz CT molecular complexity index is 530. The van der Waals surface area contributed by atoms with Gasteiger partial charge in [0, 0.05) is 17.6 Å². The Balaban J connectivity index is 3.23. The zero-order chi connectivity index (χ0) is 13.9. The lowest BCUT2D eigenvalue weighted by molar-refractivity contribution is 0.583. The van der Waals surface area contributed by atoms with Gasteiger partial charge in [0.15, 0.2) is 0 Å². The first-order valence-corrected chi connectivity index (χ1v) is 7.66. The van der Waals surface area contributed by atoms with Gasteiger partial charge in [0.2, 0.25) is 10.0 Å². The summed E-state index contributed by atoms with van der Waals surface area (Å²) in [6.45, 7) is 4.44. The van der Waals surface area contributed by atoms with Crippen molar-refractivity contribution in [3.63, 3.8) is 0 Å². The molecule has 0 aromatic heterocycles. The highest BCUT2D eigenvalue weighted by molar-refractivity contribution is 7.89. The maximum atomic E-state index is 11.8. The summed E-state index contributed by atoms with van der Waals surface area (Å²) in [4.78, 5) is -0.000257. The molecule has 0 aliphatic carbocycles. The second kappa shape index (κ2) is 6.21. The number of halogens is 2. The summed E-state index contributed by atoms with van der Waals surface area (Å²) in [5.41, 5.74) is 0.659. The Morgan fingerprint density at radius 1 is 1.28 bits per heavy atom.